The number of allylic oxidation sites excluding steroid dienone is 1. The van der Waals surface area contributed by atoms with Gasteiger partial charge in [0.05, 0.1) is 18.2 Å². The van der Waals surface area contributed by atoms with E-state index in [1.165, 1.54) is 28.7 Å². The Hall–Kier alpha value is -2.36. The smallest absolute Gasteiger partial charge is 0.250 e. The van der Waals surface area contributed by atoms with Gasteiger partial charge in [-0.15, -0.1) is 10.2 Å². The Kier molecular flexibility index (Phi) is 7.89. The number of thioether (sulfide) groups is 2. The molecule has 28 heavy (non-hydrogen) atoms. The van der Waals surface area contributed by atoms with Gasteiger partial charge < -0.3 is 4.42 Å². The zero-order chi connectivity index (χ0) is 19.6. The Labute approximate surface area is 175 Å². The van der Waals surface area contributed by atoms with Crippen molar-refractivity contribution >= 4 is 53.1 Å². The second kappa shape index (κ2) is 10.8. The highest BCUT2D eigenvalue weighted by atomic mass is 32.2. The average molecular weight is 431 g/mol. The summed E-state index contributed by atoms with van der Waals surface area (Å²) in [6, 6.07) is 13.9. The first-order valence-corrected chi connectivity index (χ1v) is 11.1. The van der Waals surface area contributed by atoms with Crippen molar-refractivity contribution in [3.05, 3.63) is 65.6 Å². The van der Waals surface area contributed by atoms with Crippen LogP contribution in [0.5, 0.6) is 0 Å². The molecule has 6 nitrogen and oxygen atoms in total. The van der Waals surface area contributed by atoms with E-state index in [-0.39, 0.29) is 11.7 Å². The Balaban J connectivity index is 1.38. The maximum atomic E-state index is 11.9. The van der Waals surface area contributed by atoms with Crippen molar-refractivity contribution < 1.29 is 9.21 Å². The van der Waals surface area contributed by atoms with Crippen LogP contribution in [-0.4, -0.2) is 28.1 Å². The van der Waals surface area contributed by atoms with Crippen molar-refractivity contribution in [3.63, 3.8) is 0 Å². The van der Waals surface area contributed by atoms with Gasteiger partial charge in [-0.3, -0.25) is 4.79 Å². The first kappa shape index (κ1) is 20.4. The molecule has 144 valence electrons. The molecule has 0 saturated carbocycles. The van der Waals surface area contributed by atoms with Crippen LogP contribution in [0.1, 0.15) is 18.2 Å². The molecule has 3 aromatic rings. The molecule has 9 heteroatoms. The van der Waals surface area contributed by atoms with E-state index in [0.717, 1.165) is 25.8 Å². The fourth-order valence-corrected chi connectivity index (χ4v) is 4.80. The van der Waals surface area contributed by atoms with Crippen molar-refractivity contribution in [1.29, 1.82) is 0 Å². The predicted octanol–water partition coefficient (Wildman–Crippen LogP) is 4.72. The number of nitrogens with zero attached hydrogens (tertiary/aromatic N) is 3. The number of carbonyl (C=O) groups is 1. The Morgan fingerprint density at radius 1 is 1.18 bits per heavy atom. The number of nitrogens with one attached hydrogen (secondary N) is 1. The quantitative estimate of drug-likeness (QED) is 0.301. The molecule has 0 aliphatic rings. The zero-order valence-electron chi connectivity index (χ0n) is 15.1. The summed E-state index contributed by atoms with van der Waals surface area (Å²) in [5.41, 5.74) is 4.62. The van der Waals surface area contributed by atoms with Crippen LogP contribution in [0.25, 0.3) is 6.08 Å². The first-order valence-electron chi connectivity index (χ1n) is 8.36. The van der Waals surface area contributed by atoms with Gasteiger partial charge >= 0.3 is 0 Å². The second-order valence-corrected chi connectivity index (χ2v) is 9.02. The highest BCUT2D eigenvalue weighted by molar-refractivity contribution is 8.03. The third-order valence-electron chi connectivity index (χ3n) is 3.29. The molecule has 0 atom stereocenters. The minimum absolute atomic E-state index is 0.194. The summed E-state index contributed by atoms with van der Waals surface area (Å²) in [5, 5.41) is 12.2. The maximum Gasteiger partial charge on any atom is 0.250 e. The summed E-state index contributed by atoms with van der Waals surface area (Å²) in [4.78, 5) is 11.9. The molecular weight excluding hydrogens is 412 g/mol. The van der Waals surface area contributed by atoms with Gasteiger partial charge in [-0.2, -0.15) is 5.10 Å². The van der Waals surface area contributed by atoms with Crippen LogP contribution in [0.2, 0.25) is 0 Å². The van der Waals surface area contributed by atoms with E-state index < -0.39 is 0 Å². The van der Waals surface area contributed by atoms with Crippen LogP contribution in [0.3, 0.4) is 0 Å². The highest BCUT2D eigenvalue weighted by Gasteiger charge is 2.08. The summed E-state index contributed by atoms with van der Waals surface area (Å²) < 4.78 is 6.88. The highest BCUT2D eigenvalue weighted by Crippen LogP contribution is 2.30. The number of furan rings is 1. The van der Waals surface area contributed by atoms with E-state index in [0.29, 0.717) is 0 Å². The Morgan fingerprint density at radius 2 is 1.96 bits per heavy atom. The standard InChI is InChI=1S/C19H18N4O2S3/c1-14(10-16-8-5-9-25-16)11-20-21-17(24)13-27-19-23-22-18(28-19)26-12-15-6-3-2-4-7-15/h2-11H,12-13H2,1H3,(H,21,24)/b14-10+,20-11?. The van der Waals surface area contributed by atoms with Crippen LogP contribution in [0, 0.1) is 0 Å². The van der Waals surface area contributed by atoms with E-state index in [1.807, 2.05) is 43.3 Å². The van der Waals surface area contributed by atoms with Crippen LogP contribution in [0.15, 0.2) is 72.5 Å². The van der Waals surface area contributed by atoms with Crippen LogP contribution < -0.4 is 5.43 Å². The number of benzene rings is 1. The minimum Gasteiger partial charge on any atom is -0.465 e. The lowest BCUT2D eigenvalue weighted by molar-refractivity contribution is -0.118. The molecular formula is C19H18N4O2S3. The minimum atomic E-state index is -0.194. The fourth-order valence-electron chi connectivity index (χ4n) is 2.03. The van der Waals surface area contributed by atoms with E-state index >= 15 is 0 Å². The SMILES string of the molecule is C/C(C=NNC(=O)CSc1nnc(SCc2ccccc2)s1)=C\c1ccco1. The van der Waals surface area contributed by atoms with Gasteiger partial charge in [-0.1, -0.05) is 65.2 Å². The summed E-state index contributed by atoms with van der Waals surface area (Å²) in [6.07, 6.45) is 5.02. The van der Waals surface area contributed by atoms with Gasteiger partial charge in [0.1, 0.15) is 5.76 Å². The van der Waals surface area contributed by atoms with E-state index in [1.54, 1.807) is 24.2 Å². The molecule has 0 aliphatic carbocycles. The molecule has 0 radical (unpaired) electrons. The first-order chi connectivity index (χ1) is 13.7. The molecule has 0 bridgehead atoms. The summed E-state index contributed by atoms with van der Waals surface area (Å²) in [6.45, 7) is 1.88. The van der Waals surface area contributed by atoms with Crippen molar-refractivity contribution in [3.8, 4) is 0 Å². The third kappa shape index (κ3) is 6.99. The molecule has 2 heterocycles. The summed E-state index contributed by atoms with van der Waals surface area (Å²) in [5.74, 6) is 1.63. The van der Waals surface area contributed by atoms with Crippen molar-refractivity contribution in [1.82, 2.24) is 15.6 Å². The topological polar surface area (TPSA) is 80.4 Å². The lowest BCUT2D eigenvalue weighted by Gasteiger charge is -1.97. The van der Waals surface area contributed by atoms with Gasteiger partial charge in [0.15, 0.2) is 8.68 Å². The van der Waals surface area contributed by atoms with Crippen molar-refractivity contribution in [2.24, 2.45) is 5.10 Å². The van der Waals surface area contributed by atoms with Crippen molar-refractivity contribution in [2.75, 3.05) is 5.75 Å². The largest absolute Gasteiger partial charge is 0.465 e. The van der Waals surface area contributed by atoms with Gasteiger partial charge in [-0.05, 0) is 36.3 Å². The van der Waals surface area contributed by atoms with Crippen LogP contribution >= 0.6 is 34.9 Å². The third-order valence-corrected chi connectivity index (χ3v) is 6.55. The van der Waals surface area contributed by atoms with Gasteiger partial charge in [0.25, 0.3) is 5.91 Å². The molecule has 1 N–H and O–H groups in total. The summed E-state index contributed by atoms with van der Waals surface area (Å²) >= 11 is 4.48. The Morgan fingerprint density at radius 3 is 2.71 bits per heavy atom. The zero-order valence-corrected chi connectivity index (χ0v) is 17.5. The van der Waals surface area contributed by atoms with E-state index in [2.05, 4.69) is 32.9 Å². The Bertz CT molecular complexity index is 937. The molecule has 0 spiro atoms. The number of hydrogen-bond donors (Lipinski definition) is 1. The lowest BCUT2D eigenvalue weighted by atomic mass is 10.2. The number of hydrazone groups is 1. The molecule has 1 amide bonds. The van der Waals surface area contributed by atoms with Gasteiger partial charge in [0.2, 0.25) is 0 Å². The molecule has 0 saturated heterocycles. The fraction of sp³-hybridized carbons (Fsp3) is 0.158. The summed E-state index contributed by atoms with van der Waals surface area (Å²) in [7, 11) is 0. The van der Waals surface area contributed by atoms with E-state index in [9.17, 15) is 4.79 Å². The number of amides is 1. The molecule has 0 aliphatic heterocycles. The molecule has 2 aromatic heterocycles. The lowest BCUT2D eigenvalue weighted by Crippen LogP contribution is -2.19. The van der Waals surface area contributed by atoms with E-state index in [4.69, 9.17) is 4.42 Å². The molecule has 0 unspecified atom stereocenters. The second-order valence-electron chi connectivity index (χ2n) is 5.59. The number of rotatable bonds is 9. The van der Waals surface area contributed by atoms with Crippen molar-refractivity contribution in [2.45, 2.75) is 21.4 Å². The number of carbonyl (C=O) groups excluding carboxylic acids is 1. The maximum absolute atomic E-state index is 11.9. The van der Waals surface area contributed by atoms with Crippen LogP contribution in [0.4, 0.5) is 0 Å². The predicted molar refractivity (Wildman–Crippen MR) is 116 cm³/mol. The monoisotopic (exact) mass is 430 g/mol. The molecule has 1 aromatic carbocycles. The number of hydrogen-bond acceptors (Lipinski definition) is 8. The van der Waals surface area contributed by atoms with Gasteiger partial charge in [0, 0.05) is 5.75 Å². The normalized spacial score (nSPS) is 11.8. The average Bonchev–Trinajstić information content (AvgIpc) is 3.37. The molecule has 0 fully saturated rings. The van der Waals surface area contributed by atoms with Crippen LogP contribution in [-0.2, 0) is 10.5 Å². The molecule has 3 rings (SSSR count). The van der Waals surface area contributed by atoms with Gasteiger partial charge in [-0.25, -0.2) is 5.43 Å². The number of aromatic nitrogens is 2.